The number of ether oxygens (including phenoxy) is 2. The quantitative estimate of drug-likeness (QED) is 0.370. The van der Waals surface area contributed by atoms with E-state index in [0.29, 0.717) is 47.8 Å². The Morgan fingerprint density at radius 1 is 1.17 bits per heavy atom. The van der Waals surface area contributed by atoms with Crippen LogP contribution in [0.25, 0.3) is 0 Å². The molecule has 1 amide bonds. The molecule has 0 spiro atoms. The molecule has 0 fully saturated rings. The van der Waals surface area contributed by atoms with Crippen LogP contribution in [0.2, 0.25) is 0 Å². The zero-order valence-electron chi connectivity index (χ0n) is 25.3. The van der Waals surface area contributed by atoms with Gasteiger partial charge in [-0.1, -0.05) is 20.8 Å². The number of amides is 1. The van der Waals surface area contributed by atoms with Gasteiger partial charge in [0.1, 0.15) is 24.2 Å². The van der Waals surface area contributed by atoms with E-state index < -0.39 is 6.04 Å². The van der Waals surface area contributed by atoms with Crippen LogP contribution in [-0.4, -0.2) is 81.9 Å². The number of rotatable bonds is 8. The summed E-state index contributed by atoms with van der Waals surface area (Å²) in [6.07, 6.45) is 0. The lowest BCUT2D eigenvalue weighted by Gasteiger charge is -2.37. The van der Waals surface area contributed by atoms with Crippen molar-refractivity contribution in [2.75, 3.05) is 57.2 Å². The average Bonchev–Trinajstić information content (AvgIpc) is 3.23. The number of esters is 1. The Kier molecular flexibility index (Phi) is 8.33. The number of hydrogen-bond acceptors (Lipinski definition) is 8. The van der Waals surface area contributed by atoms with Crippen LogP contribution >= 0.6 is 0 Å². The van der Waals surface area contributed by atoms with Crippen LogP contribution < -0.4 is 19.9 Å². The van der Waals surface area contributed by atoms with Crippen LogP contribution in [0.3, 0.4) is 0 Å². The van der Waals surface area contributed by atoms with Crippen molar-refractivity contribution in [2.45, 2.75) is 52.6 Å². The number of hydrogen-bond donors (Lipinski definition) is 2. The third-order valence-electron chi connectivity index (χ3n) is 7.62. The molecule has 2 aromatic rings. The minimum Gasteiger partial charge on any atom is -0.489 e. The molecule has 4 rings (SSSR count). The number of fused-ring (bicyclic) bond motifs is 2. The first-order chi connectivity index (χ1) is 19.3. The third-order valence-corrected chi connectivity index (χ3v) is 7.62. The molecule has 0 aromatic heterocycles. The second kappa shape index (κ2) is 11.4. The topological polar surface area (TPSA) is 115 Å². The fourth-order valence-electron chi connectivity index (χ4n) is 5.38. The van der Waals surface area contributed by atoms with Crippen molar-refractivity contribution in [1.82, 2.24) is 10.2 Å². The molecule has 2 heterocycles. The van der Waals surface area contributed by atoms with Crippen LogP contribution in [0.15, 0.2) is 24.3 Å². The predicted octanol–water partition coefficient (Wildman–Crippen LogP) is 3.58. The molecule has 41 heavy (non-hydrogen) atoms. The highest BCUT2D eigenvalue weighted by molar-refractivity contribution is 6.09. The first-order valence-corrected chi connectivity index (χ1v) is 14.0. The summed E-state index contributed by atoms with van der Waals surface area (Å²) in [5, 5.41) is 11.5. The Morgan fingerprint density at radius 3 is 2.49 bits per heavy atom. The van der Waals surface area contributed by atoms with Crippen LogP contribution in [-0.2, 0) is 21.5 Å². The second-order valence-corrected chi connectivity index (χ2v) is 11.7. The van der Waals surface area contributed by atoms with Gasteiger partial charge < -0.3 is 29.5 Å². The molecule has 220 valence electrons. The van der Waals surface area contributed by atoms with Gasteiger partial charge in [0.2, 0.25) is 0 Å². The van der Waals surface area contributed by atoms with Crippen LogP contribution in [0.5, 0.6) is 5.75 Å². The number of amidine groups is 1. The van der Waals surface area contributed by atoms with E-state index in [2.05, 4.69) is 26.1 Å². The van der Waals surface area contributed by atoms with Gasteiger partial charge in [-0.25, -0.2) is 4.79 Å². The van der Waals surface area contributed by atoms with E-state index in [1.165, 1.54) is 0 Å². The molecule has 2 aromatic carbocycles. The third kappa shape index (κ3) is 5.73. The summed E-state index contributed by atoms with van der Waals surface area (Å²) >= 11 is 0. The van der Waals surface area contributed by atoms with Crippen molar-refractivity contribution in [3.8, 4) is 5.75 Å². The lowest BCUT2D eigenvalue weighted by molar-refractivity contribution is -0.144. The van der Waals surface area contributed by atoms with E-state index in [1.807, 2.05) is 36.0 Å². The van der Waals surface area contributed by atoms with Gasteiger partial charge in [0.25, 0.3) is 5.91 Å². The summed E-state index contributed by atoms with van der Waals surface area (Å²) < 4.78 is 11.4. The van der Waals surface area contributed by atoms with E-state index >= 15 is 0 Å². The van der Waals surface area contributed by atoms with Gasteiger partial charge in [-0.2, -0.15) is 0 Å². The summed E-state index contributed by atoms with van der Waals surface area (Å²) in [6, 6.07) is 6.78. The predicted molar refractivity (Wildman–Crippen MR) is 160 cm³/mol. The zero-order valence-corrected chi connectivity index (χ0v) is 25.3. The average molecular weight is 564 g/mol. The van der Waals surface area contributed by atoms with Crippen LogP contribution in [0.1, 0.15) is 72.0 Å². The van der Waals surface area contributed by atoms with Crippen molar-refractivity contribution in [2.24, 2.45) is 0 Å². The molecule has 1 atom stereocenters. The van der Waals surface area contributed by atoms with E-state index in [1.54, 1.807) is 37.9 Å². The molecule has 10 heteroatoms. The first-order valence-electron chi connectivity index (χ1n) is 14.0. The summed E-state index contributed by atoms with van der Waals surface area (Å²) in [5.74, 6) is 0.177. The van der Waals surface area contributed by atoms with Gasteiger partial charge in [0, 0.05) is 50.1 Å². The molecule has 10 nitrogen and oxygen atoms in total. The summed E-state index contributed by atoms with van der Waals surface area (Å²) in [6.45, 7) is 11.4. The van der Waals surface area contributed by atoms with Gasteiger partial charge in [0.15, 0.2) is 5.78 Å². The number of nitrogens with one attached hydrogen (secondary N) is 2. The molecule has 0 aliphatic carbocycles. The van der Waals surface area contributed by atoms with Crippen molar-refractivity contribution >= 4 is 34.9 Å². The van der Waals surface area contributed by atoms with E-state index in [-0.39, 0.29) is 42.1 Å². The molecule has 0 saturated heterocycles. The largest absolute Gasteiger partial charge is 0.489 e. The van der Waals surface area contributed by atoms with Crippen molar-refractivity contribution in [3.63, 3.8) is 0 Å². The minimum atomic E-state index is -0.544. The Morgan fingerprint density at radius 2 is 1.88 bits per heavy atom. The highest BCUT2D eigenvalue weighted by Crippen LogP contribution is 2.43. The van der Waals surface area contributed by atoms with Crippen molar-refractivity contribution in [1.29, 1.82) is 5.41 Å². The lowest BCUT2D eigenvalue weighted by atomic mass is 9.84. The number of anilines is 2. The van der Waals surface area contributed by atoms with Gasteiger partial charge in [0.05, 0.1) is 30.9 Å². The molecule has 2 N–H and O–H groups in total. The van der Waals surface area contributed by atoms with Crippen LogP contribution in [0.4, 0.5) is 11.4 Å². The SMILES string of the molecule is CCOC(=O)C(C)N1CCOc2c1cc(C(=O)CN1Cc3cc(N(C)C)c(C(=O)NC)cc3C1=N)cc2C(C)(C)C. The van der Waals surface area contributed by atoms with Crippen molar-refractivity contribution < 1.29 is 23.9 Å². The first kappa shape index (κ1) is 29.9. The number of ketones is 1. The van der Waals surface area contributed by atoms with Gasteiger partial charge in [-0.3, -0.25) is 15.0 Å². The highest BCUT2D eigenvalue weighted by atomic mass is 16.5. The van der Waals surface area contributed by atoms with Gasteiger partial charge in [-0.15, -0.1) is 0 Å². The summed E-state index contributed by atoms with van der Waals surface area (Å²) in [7, 11) is 5.32. The normalized spacial score (nSPS) is 15.1. The van der Waals surface area contributed by atoms with E-state index in [9.17, 15) is 14.4 Å². The monoisotopic (exact) mass is 563 g/mol. The Balaban J connectivity index is 1.68. The molecule has 0 bridgehead atoms. The smallest absolute Gasteiger partial charge is 0.328 e. The van der Waals surface area contributed by atoms with E-state index in [0.717, 1.165) is 16.8 Å². The Labute approximate surface area is 242 Å². The number of Topliss-reactive ketones (excluding diaryl/α,β-unsaturated/α-hetero) is 1. The Hall–Kier alpha value is -4.08. The highest BCUT2D eigenvalue weighted by Gasteiger charge is 2.34. The number of carbonyl (C=O) groups excluding carboxylic acids is 3. The Bertz CT molecular complexity index is 1390. The molecule has 0 saturated carbocycles. The van der Waals surface area contributed by atoms with E-state index in [4.69, 9.17) is 14.9 Å². The second-order valence-electron chi connectivity index (χ2n) is 11.7. The fraction of sp³-hybridized carbons (Fsp3) is 0.484. The standard InChI is InChI=1S/C31H41N5O5/c1-9-40-30(39)18(2)36-10-11-41-27-23(31(3,4)5)12-19(13-25(27)36)26(37)17-35-16-20-14-24(34(7)8)22(29(38)33-6)15-21(20)28(35)32/h12-15,18,32H,9-11,16-17H2,1-8H3,(H,33,38). The molecule has 1 unspecified atom stereocenters. The molecule has 2 aliphatic rings. The fourth-order valence-corrected chi connectivity index (χ4v) is 5.38. The molecule has 2 aliphatic heterocycles. The molecular weight excluding hydrogens is 522 g/mol. The molecular formula is C31H41N5O5. The van der Waals surface area contributed by atoms with Gasteiger partial charge >= 0.3 is 5.97 Å². The number of nitrogens with zero attached hydrogens (tertiary/aromatic N) is 3. The summed E-state index contributed by atoms with van der Waals surface area (Å²) in [5.41, 5.74) is 4.51. The maximum absolute atomic E-state index is 13.8. The van der Waals surface area contributed by atoms with Gasteiger partial charge in [-0.05, 0) is 49.1 Å². The number of benzene rings is 2. The zero-order chi connectivity index (χ0) is 30.2. The minimum absolute atomic E-state index is 0.00320. The summed E-state index contributed by atoms with van der Waals surface area (Å²) in [4.78, 5) is 44.6. The maximum Gasteiger partial charge on any atom is 0.328 e. The number of carbonyl (C=O) groups is 3. The maximum atomic E-state index is 13.8. The van der Waals surface area contributed by atoms with Crippen molar-refractivity contribution in [3.05, 3.63) is 52.1 Å². The molecule has 0 radical (unpaired) electrons. The lowest BCUT2D eigenvalue weighted by Crippen LogP contribution is -2.45. The van der Waals surface area contributed by atoms with Crippen LogP contribution in [0, 0.1) is 5.41 Å².